The maximum Gasteiger partial charge on any atom is 0.224 e. The molecule has 10 heteroatoms. The number of rotatable bonds is 3. The first kappa shape index (κ1) is 18.4. The molecule has 0 radical (unpaired) electrons. The molecule has 0 unspecified atom stereocenters. The van der Waals surface area contributed by atoms with Crippen molar-refractivity contribution in [3.8, 4) is 0 Å². The zero-order valence-electron chi connectivity index (χ0n) is 14.0. The minimum atomic E-state index is 0.249. The van der Waals surface area contributed by atoms with Crippen LogP contribution in [0.1, 0.15) is 40.5 Å². The number of nitrogens with zero attached hydrogens (tertiary/aromatic N) is 5. The first-order valence-electron chi connectivity index (χ1n) is 7.63. The lowest BCUT2D eigenvalue weighted by Crippen LogP contribution is -2.21. The Labute approximate surface area is 160 Å². The van der Waals surface area contributed by atoms with E-state index in [-0.39, 0.29) is 6.04 Å². The first-order valence-corrected chi connectivity index (χ1v) is 12.9. The molecule has 24 heavy (non-hydrogen) atoms. The van der Waals surface area contributed by atoms with E-state index in [1.807, 2.05) is 25.6 Å². The van der Waals surface area contributed by atoms with Crippen molar-refractivity contribution < 1.29 is 0 Å². The average molecular weight is 418 g/mol. The summed E-state index contributed by atoms with van der Waals surface area (Å²) in [5, 5.41) is 2.71. The summed E-state index contributed by atoms with van der Waals surface area (Å²) in [6.07, 6.45) is 2.23. The number of hydrogen-bond donors (Lipinski definition) is 0. The van der Waals surface area contributed by atoms with Gasteiger partial charge in [-0.15, -0.1) is 11.8 Å². The van der Waals surface area contributed by atoms with Crippen molar-refractivity contribution in [3.63, 3.8) is 0 Å². The molecule has 0 aromatic carbocycles. The van der Waals surface area contributed by atoms with E-state index in [1.54, 1.807) is 31.0 Å². The minimum Gasteiger partial charge on any atom is -0.254 e. The zero-order chi connectivity index (χ0) is 17.2. The molecule has 2 aromatic heterocycles. The van der Waals surface area contributed by atoms with Crippen molar-refractivity contribution in [2.75, 3.05) is 5.75 Å². The molecule has 1 aliphatic heterocycles. The van der Waals surface area contributed by atoms with Gasteiger partial charge in [0.05, 0.1) is 5.04 Å². The predicted molar refractivity (Wildman–Crippen MR) is 108 cm³/mol. The third kappa shape index (κ3) is 5.29. The number of hydrogen-bond acceptors (Lipinski definition) is 10. The van der Waals surface area contributed by atoms with Crippen molar-refractivity contribution in [1.29, 1.82) is 0 Å². The largest absolute Gasteiger partial charge is 0.254 e. The molecular weight excluding hydrogens is 399 g/mol. The zero-order valence-corrected chi connectivity index (χ0v) is 18.1. The Hall–Kier alpha value is -0.420. The van der Waals surface area contributed by atoms with Gasteiger partial charge in [0.1, 0.15) is 0 Å². The second kappa shape index (κ2) is 7.86. The molecule has 1 aliphatic rings. The van der Waals surface area contributed by atoms with Gasteiger partial charge in [-0.1, -0.05) is 13.8 Å². The maximum absolute atomic E-state index is 4.70. The fraction of sp³-hybridized carbons (Fsp3) is 0.643. The number of aliphatic imine (C=N–C) groups is 1. The standard InChI is InChI=1S/C14H19N5S5/c1-8(2)15-10-17-12(23-21-10)19-13-18-11(22-24-13)16-9-5-6-14(3,4)7-20-9/h8H,5-7H2,1-4H3. The molecule has 0 aliphatic carbocycles. The van der Waals surface area contributed by atoms with Gasteiger partial charge in [0.15, 0.2) is 0 Å². The molecule has 3 rings (SSSR count). The Morgan fingerprint density at radius 1 is 0.958 bits per heavy atom. The van der Waals surface area contributed by atoms with E-state index in [9.17, 15) is 0 Å². The summed E-state index contributed by atoms with van der Waals surface area (Å²) in [6.45, 7) is 8.71. The van der Waals surface area contributed by atoms with Crippen molar-refractivity contribution in [2.24, 2.45) is 20.4 Å². The van der Waals surface area contributed by atoms with Crippen LogP contribution >= 0.6 is 53.1 Å². The Morgan fingerprint density at radius 2 is 1.62 bits per heavy atom. The highest BCUT2D eigenvalue weighted by Gasteiger charge is 2.25. The van der Waals surface area contributed by atoms with Gasteiger partial charge < -0.3 is 0 Å². The fourth-order valence-corrected chi connectivity index (χ4v) is 6.51. The molecular formula is C14H19N5S5. The van der Waals surface area contributed by atoms with E-state index in [4.69, 9.17) is 4.99 Å². The van der Waals surface area contributed by atoms with E-state index in [0.717, 1.165) is 26.9 Å². The Kier molecular flexibility index (Phi) is 6.02. The summed E-state index contributed by atoms with van der Waals surface area (Å²) in [6, 6.07) is 0.249. The maximum atomic E-state index is 4.70. The molecule has 0 atom stereocenters. The second-order valence-corrected chi connectivity index (χ2v) is 11.7. The van der Waals surface area contributed by atoms with Gasteiger partial charge in [-0.2, -0.15) is 15.0 Å². The van der Waals surface area contributed by atoms with Gasteiger partial charge in [-0.3, -0.25) is 4.99 Å². The van der Waals surface area contributed by atoms with Crippen molar-refractivity contribution in [2.45, 2.75) is 46.6 Å². The quantitative estimate of drug-likeness (QED) is 0.671. The summed E-state index contributed by atoms with van der Waals surface area (Å²) in [5.41, 5.74) is 0.417. The molecule has 0 spiro atoms. The molecule has 0 N–H and O–H groups in total. The van der Waals surface area contributed by atoms with Crippen LogP contribution in [0.25, 0.3) is 0 Å². The SMILES string of the molecule is CC(C)N=c1nc(N=c2nc(N=C3CCC(C)(C)CS3)ss2)ss1. The summed E-state index contributed by atoms with van der Waals surface area (Å²) in [5.74, 6) is 1.13. The van der Waals surface area contributed by atoms with Gasteiger partial charge in [0.2, 0.25) is 19.9 Å². The molecule has 0 saturated carbocycles. The summed E-state index contributed by atoms with van der Waals surface area (Å²) in [7, 11) is 6.20. The van der Waals surface area contributed by atoms with Crippen LogP contribution in [0.2, 0.25) is 0 Å². The molecule has 1 saturated heterocycles. The molecule has 130 valence electrons. The van der Waals surface area contributed by atoms with Gasteiger partial charge in [-0.25, -0.2) is 4.99 Å². The van der Waals surface area contributed by atoms with Gasteiger partial charge in [-0.05, 0) is 73.5 Å². The summed E-state index contributed by atoms with van der Waals surface area (Å²) >= 11 is 1.86. The van der Waals surface area contributed by atoms with Gasteiger partial charge in [0, 0.05) is 11.8 Å². The Balaban J connectivity index is 1.75. The molecule has 1 fully saturated rings. The van der Waals surface area contributed by atoms with Crippen molar-refractivity contribution >= 4 is 68.4 Å². The van der Waals surface area contributed by atoms with Crippen molar-refractivity contribution in [1.82, 2.24) is 9.97 Å². The highest BCUT2D eigenvalue weighted by Crippen LogP contribution is 2.36. The van der Waals surface area contributed by atoms with Crippen LogP contribution in [-0.2, 0) is 0 Å². The second-order valence-electron chi connectivity index (χ2n) is 6.48. The third-order valence-electron chi connectivity index (χ3n) is 3.19. The molecule has 3 heterocycles. The van der Waals surface area contributed by atoms with E-state index in [0.29, 0.717) is 10.5 Å². The third-order valence-corrected chi connectivity index (χ3v) is 8.54. The monoisotopic (exact) mass is 417 g/mol. The fourth-order valence-electron chi connectivity index (χ4n) is 1.93. The normalized spacial score (nSPS) is 21.1. The molecule has 0 bridgehead atoms. The lowest BCUT2D eigenvalue weighted by molar-refractivity contribution is 0.392. The lowest BCUT2D eigenvalue weighted by Gasteiger charge is -2.29. The van der Waals surface area contributed by atoms with Crippen LogP contribution in [0.4, 0.5) is 10.3 Å². The molecule has 2 aromatic rings. The number of thioether (sulfide) groups is 1. The van der Waals surface area contributed by atoms with E-state index < -0.39 is 0 Å². The Morgan fingerprint density at radius 3 is 2.29 bits per heavy atom. The van der Waals surface area contributed by atoms with E-state index in [1.165, 1.54) is 21.8 Å². The van der Waals surface area contributed by atoms with Gasteiger partial charge in [0.25, 0.3) is 0 Å². The smallest absolute Gasteiger partial charge is 0.224 e. The van der Waals surface area contributed by atoms with Crippen LogP contribution in [0.3, 0.4) is 0 Å². The molecule has 0 amide bonds. The van der Waals surface area contributed by atoms with Crippen LogP contribution in [0, 0.1) is 5.41 Å². The first-order chi connectivity index (χ1) is 11.4. The molecule has 5 nitrogen and oxygen atoms in total. The van der Waals surface area contributed by atoms with Crippen LogP contribution < -0.4 is 9.60 Å². The predicted octanol–water partition coefficient (Wildman–Crippen LogP) is 4.85. The van der Waals surface area contributed by atoms with Crippen LogP contribution in [0.5, 0.6) is 0 Å². The highest BCUT2D eigenvalue weighted by atomic mass is 32.9. The van der Waals surface area contributed by atoms with Crippen molar-refractivity contribution in [3.05, 3.63) is 9.60 Å². The highest BCUT2D eigenvalue weighted by molar-refractivity contribution is 8.14. The van der Waals surface area contributed by atoms with E-state index in [2.05, 4.69) is 33.8 Å². The number of aromatic nitrogens is 2. The van der Waals surface area contributed by atoms with Gasteiger partial charge >= 0.3 is 0 Å². The summed E-state index contributed by atoms with van der Waals surface area (Å²) < 4.78 is 0. The average Bonchev–Trinajstić information content (AvgIpc) is 3.11. The topological polar surface area (TPSA) is 62.9 Å². The van der Waals surface area contributed by atoms with E-state index >= 15 is 0 Å². The van der Waals surface area contributed by atoms with Crippen LogP contribution in [-0.4, -0.2) is 26.8 Å². The lowest BCUT2D eigenvalue weighted by atomic mass is 9.90. The van der Waals surface area contributed by atoms with Crippen LogP contribution in [0.15, 0.2) is 15.0 Å². The summed E-state index contributed by atoms with van der Waals surface area (Å²) in [4.78, 5) is 24.1. The minimum absolute atomic E-state index is 0.249. The Bertz CT molecular complexity index is 839.